The van der Waals surface area contributed by atoms with Crippen LogP contribution in [0.1, 0.15) is 19.4 Å². The van der Waals surface area contributed by atoms with E-state index in [1.54, 1.807) is 6.20 Å². The first-order valence-electron chi connectivity index (χ1n) is 7.04. The highest BCUT2D eigenvalue weighted by molar-refractivity contribution is 5.73. The number of aromatic nitrogens is 1. The molecule has 4 nitrogen and oxygen atoms in total. The lowest BCUT2D eigenvalue weighted by molar-refractivity contribution is -0.140. The molecule has 1 aromatic heterocycles. The van der Waals surface area contributed by atoms with Crippen LogP contribution >= 0.6 is 0 Å². The lowest BCUT2D eigenvalue weighted by atomic mass is 10.0. The third kappa shape index (κ3) is 4.13. The fourth-order valence-corrected chi connectivity index (χ4v) is 2.21. The molecule has 1 atom stereocenters. The summed E-state index contributed by atoms with van der Waals surface area (Å²) in [5.74, 6) is -0.771. The van der Waals surface area contributed by atoms with Crippen molar-refractivity contribution in [3.05, 3.63) is 54.2 Å². The largest absolute Gasteiger partial charge is 0.480 e. The Balaban J connectivity index is 2.10. The average Bonchev–Trinajstić information content (AvgIpc) is 2.48. The second-order valence-electron chi connectivity index (χ2n) is 5.36. The number of hydrogen-bond donors (Lipinski definition) is 2. The second-order valence-corrected chi connectivity index (χ2v) is 5.36. The topological polar surface area (TPSA) is 62.2 Å². The minimum absolute atomic E-state index is 0.0430. The minimum atomic E-state index is -0.814. The summed E-state index contributed by atoms with van der Waals surface area (Å²) in [7, 11) is 0. The van der Waals surface area contributed by atoms with E-state index in [0.717, 1.165) is 16.8 Å². The van der Waals surface area contributed by atoms with E-state index in [-0.39, 0.29) is 5.92 Å². The number of carboxylic acids is 1. The van der Waals surface area contributed by atoms with Gasteiger partial charge in [-0.1, -0.05) is 38.1 Å². The van der Waals surface area contributed by atoms with Crippen LogP contribution in [-0.4, -0.2) is 22.1 Å². The van der Waals surface area contributed by atoms with Crippen molar-refractivity contribution in [2.45, 2.75) is 26.4 Å². The van der Waals surface area contributed by atoms with Crippen LogP contribution in [0.4, 0.5) is 0 Å². The predicted octanol–water partition coefficient (Wildman–Crippen LogP) is 2.95. The van der Waals surface area contributed by atoms with E-state index >= 15 is 0 Å². The first-order valence-corrected chi connectivity index (χ1v) is 7.04. The maximum atomic E-state index is 11.2. The summed E-state index contributed by atoms with van der Waals surface area (Å²) < 4.78 is 0. The Morgan fingerprint density at radius 1 is 1.24 bits per heavy atom. The van der Waals surface area contributed by atoms with Gasteiger partial charge >= 0.3 is 5.97 Å². The van der Waals surface area contributed by atoms with Crippen LogP contribution in [0.3, 0.4) is 0 Å². The van der Waals surface area contributed by atoms with Gasteiger partial charge in [0.1, 0.15) is 6.04 Å². The molecule has 1 heterocycles. The Bertz CT molecular complexity index is 597. The van der Waals surface area contributed by atoms with Gasteiger partial charge in [0.05, 0.1) is 5.69 Å². The molecule has 0 saturated carbocycles. The fourth-order valence-electron chi connectivity index (χ4n) is 2.21. The summed E-state index contributed by atoms with van der Waals surface area (Å²) in [6, 6.07) is 13.2. The summed E-state index contributed by atoms with van der Waals surface area (Å²) in [4.78, 5) is 15.5. The molecule has 4 heteroatoms. The number of nitrogens with one attached hydrogen (secondary N) is 1. The summed E-state index contributed by atoms with van der Waals surface area (Å²) in [6.07, 6.45) is 1.76. The quantitative estimate of drug-likeness (QED) is 0.856. The van der Waals surface area contributed by atoms with Crippen molar-refractivity contribution in [1.82, 2.24) is 10.3 Å². The maximum absolute atomic E-state index is 11.2. The zero-order chi connectivity index (χ0) is 15.2. The van der Waals surface area contributed by atoms with Gasteiger partial charge in [0.25, 0.3) is 0 Å². The zero-order valence-electron chi connectivity index (χ0n) is 12.3. The van der Waals surface area contributed by atoms with E-state index in [9.17, 15) is 9.90 Å². The van der Waals surface area contributed by atoms with Crippen LogP contribution in [0.15, 0.2) is 48.7 Å². The molecule has 21 heavy (non-hydrogen) atoms. The minimum Gasteiger partial charge on any atom is -0.480 e. The number of benzene rings is 1. The number of carboxylic acid groups (broad SMARTS) is 1. The third-order valence-corrected chi connectivity index (χ3v) is 3.35. The van der Waals surface area contributed by atoms with Gasteiger partial charge in [0, 0.05) is 18.3 Å². The molecule has 1 aromatic carbocycles. The lowest BCUT2D eigenvalue weighted by Gasteiger charge is -2.18. The monoisotopic (exact) mass is 284 g/mol. The van der Waals surface area contributed by atoms with Crippen molar-refractivity contribution >= 4 is 5.97 Å². The van der Waals surface area contributed by atoms with Gasteiger partial charge in [-0.2, -0.15) is 0 Å². The van der Waals surface area contributed by atoms with Crippen LogP contribution < -0.4 is 5.32 Å². The SMILES string of the molecule is CC(C)[C@H](NCc1cccc(-c2ccccn2)c1)C(=O)O. The van der Waals surface area contributed by atoms with Crippen LogP contribution in [0.2, 0.25) is 0 Å². The van der Waals surface area contributed by atoms with Gasteiger partial charge in [0.2, 0.25) is 0 Å². The molecule has 0 bridgehead atoms. The van der Waals surface area contributed by atoms with Crippen molar-refractivity contribution in [2.24, 2.45) is 5.92 Å². The van der Waals surface area contributed by atoms with Gasteiger partial charge in [0.15, 0.2) is 0 Å². The van der Waals surface area contributed by atoms with Crippen molar-refractivity contribution in [2.75, 3.05) is 0 Å². The summed E-state index contributed by atoms with van der Waals surface area (Å²) in [6.45, 7) is 4.32. The lowest BCUT2D eigenvalue weighted by Crippen LogP contribution is -2.40. The van der Waals surface area contributed by atoms with Crippen LogP contribution in [0, 0.1) is 5.92 Å². The molecule has 0 spiro atoms. The van der Waals surface area contributed by atoms with Crippen LogP contribution in [-0.2, 0) is 11.3 Å². The molecule has 0 aliphatic heterocycles. The van der Waals surface area contributed by atoms with Gasteiger partial charge in [-0.3, -0.25) is 9.78 Å². The Hall–Kier alpha value is -2.20. The normalized spacial score (nSPS) is 12.3. The first-order chi connectivity index (χ1) is 10.1. The van der Waals surface area contributed by atoms with Crippen molar-refractivity contribution in [1.29, 1.82) is 0 Å². The standard InChI is InChI=1S/C17H20N2O2/c1-12(2)16(17(20)21)19-11-13-6-5-7-14(10-13)15-8-3-4-9-18-15/h3-10,12,16,19H,11H2,1-2H3,(H,20,21)/t16-/m0/s1. The van der Waals surface area contributed by atoms with Gasteiger partial charge < -0.3 is 10.4 Å². The Morgan fingerprint density at radius 3 is 2.67 bits per heavy atom. The molecular formula is C17H20N2O2. The molecule has 110 valence electrons. The fraction of sp³-hybridized carbons (Fsp3) is 0.294. The van der Waals surface area contributed by atoms with Gasteiger partial charge in [-0.05, 0) is 29.7 Å². The highest BCUT2D eigenvalue weighted by Crippen LogP contribution is 2.17. The van der Waals surface area contributed by atoms with Crippen molar-refractivity contribution in [3.8, 4) is 11.3 Å². The predicted molar refractivity (Wildman–Crippen MR) is 82.8 cm³/mol. The van der Waals surface area contributed by atoms with Crippen molar-refractivity contribution < 1.29 is 9.90 Å². The molecule has 2 N–H and O–H groups in total. The Morgan fingerprint density at radius 2 is 2.05 bits per heavy atom. The molecule has 0 amide bonds. The molecule has 0 aliphatic rings. The highest BCUT2D eigenvalue weighted by atomic mass is 16.4. The molecule has 0 fully saturated rings. The van der Waals surface area contributed by atoms with E-state index in [4.69, 9.17) is 0 Å². The van der Waals surface area contributed by atoms with Crippen LogP contribution in [0.25, 0.3) is 11.3 Å². The second kappa shape index (κ2) is 6.99. The van der Waals surface area contributed by atoms with Crippen LogP contribution in [0.5, 0.6) is 0 Å². The number of pyridine rings is 1. The van der Waals surface area contributed by atoms with E-state index < -0.39 is 12.0 Å². The molecule has 0 radical (unpaired) electrons. The summed E-state index contributed by atoms with van der Waals surface area (Å²) in [5, 5.41) is 12.3. The van der Waals surface area contributed by atoms with E-state index in [2.05, 4.69) is 10.3 Å². The average molecular weight is 284 g/mol. The summed E-state index contributed by atoms with van der Waals surface area (Å²) >= 11 is 0. The zero-order valence-corrected chi connectivity index (χ0v) is 12.3. The number of aliphatic carboxylic acids is 1. The first kappa shape index (κ1) is 15.2. The summed E-state index contributed by atoms with van der Waals surface area (Å²) in [5.41, 5.74) is 2.99. The van der Waals surface area contributed by atoms with Gasteiger partial charge in [-0.15, -0.1) is 0 Å². The number of nitrogens with zero attached hydrogens (tertiary/aromatic N) is 1. The third-order valence-electron chi connectivity index (χ3n) is 3.35. The van der Waals surface area contributed by atoms with E-state index in [1.807, 2.05) is 56.3 Å². The molecule has 0 saturated heterocycles. The van der Waals surface area contributed by atoms with E-state index in [1.165, 1.54) is 0 Å². The maximum Gasteiger partial charge on any atom is 0.320 e. The van der Waals surface area contributed by atoms with E-state index in [0.29, 0.717) is 6.54 Å². The molecule has 0 aliphatic carbocycles. The molecule has 0 unspecified atom stereocenters. The van der Waals surface area contributed by atoms with Gasteiger partial charge in [-0.25, -0.2) is 0 Å². The highest BCUT2D eigenvalue weighted by Gasteiger charge is 2.20. The number of carbonyl (C=O) groups is 1. The molecule has 2 rings (SSSR count). The molecule has 2 aromatic rings. The number of rotatable bonds is 6. The molecular weight excluding hydrogens is 264 g/mol. The Kier molecular flexibility index (Phi) is 5.06. The number of hydrogen-bond acceptors (Lipinski definition) is 3. The Labute approximate surface area is 124 Å². The van der Waals surface area contributed by atoms with Crippen molar-refractivity contribution in [3.63, 3.8) is 0 Å². The smallest absolute Gasteiger partial charge is 0.320 e.